The molecule has 1 aliphatic heterocycles. The molecule has 1 aliphatic carbocycles. The predicted octanol–water partition coefficient (Wildman–Crippen LogP) is 4.33. The Hall–Kier alpha value is -3.51. The zero-order valence-electron chi connectivity index (χ0n) is 14.4. The number of rotatable bonds is 4. The summed E-state index contributed by atoms with van der Waals surface area (Å²) in [6, 6.07) is 14.4. The third-order valence-electron chi connectivity index (χ3n) is 4.31. The van der Waals surface area contributed by atoms with Crippen molar-refractivity contribution < 1.29 is 19.4 Å². The molecule has 0 fully saturated rings. The molecule has 0 aromatic heterocycles. The van der Waals surface area contributed by atoms with E-state index in [0.29, 0.717) is 39.3 Å². The fourth-order valence-electron chi connectivity index (χ4n) is 3.18. The molecule has 0 radical (unpaired) electrons. The van der Waals surface area contributed by atoms with Crippen molar-refractivity contribution in [3.63, 3.8) is 0 Å². The van der Waals surface area contributed by atoms with Crippen molar-refractivity contribution in [3.8, 4) is 33.9 Å². The molecule has 0 unspecified atom stereocenters. The average molecular weight is 391 g/mol. The van der Waals surface area contributed by atoms with E-state index < -0.39 is 6.79 Å². The van der Waals surface area contributed by atoms with Crippen LogP contribution >= 0.6 is 12.2 Å². The second-order valence-electron chi connectivity index (χ2n) is 5.97. The van der Waals surface area contributed by atoms with Gasteiger partial charge in [0, 0.05) is 40.3 Å². The Morgan fingerprint density at radius 3 is 2.68 bits per heavy atom. The van der Waals surface area contributed by atoms with Gasteiger partial charge in [0.1, 0.15) is 22.8 Å². The smallest absolute Gasteiger partial charge is 0.186 e. The number of aliphatic imine (C=N–C) groups is 1. The van der Waals surface area contributed by atoms with Crippen LogP contribution in [0.2, 0.25) is 0 Å². The van der Waals surface area contributed by atoms with Gasteiger partial charge in [0.25, 0.3) is 0 Å². The quantitative estimate of drug-likeness (QED) is 0.233. The number of isothiocyanates is 1. The van der Waals surface area contributed by atoms with Crippen LogP contribution in [0.1, 0.15) is 0 Å². The van der Waals surface area contributed by atoms with Gasteiger partial charge < -0.3 is 19.4 Å². The second kappa shape index (κ2) is 7.25. The summed E-state index contributed by atoms with van der Waals surface area (Å²) in [6.45, 7) is -0.531. The highest BCUT2D eigenvalue weighted by atomic mass is 32.1. The summed E-state index contributed by atoms with van der Waals surface area (Å²) >= 11 is 4.65. The summed E-state index contributed by atoms with van der Waals surface area (Å²) in [6.07, 6.45) is 0. The van der Waals surface area contributed by atoms with Gasteiger partial charge in [-0.15, -0.1) is 0 Å². The van der Waals surface area contributed by atoms with Gasteiger partial charge in [0.15, 0.2) is 12.2 Å². The van der Waals surface area contributed by atoms with Crippen LogP contribution in [-0.4, -0.2) is 22.2 Å². The fourth-order valence-corrected chi connectivity index (χ4v) is 3.28. The summed E-state index contributed by atoms with van der Waals surface area (Å²) in [7, 11) is 0. The molecule has 2 aromatic rings. The summed E-state index contributed by atoms with van der Waals surface area (Å²) < 4.78 is 11.3. The van der Waals surface area contributed by atoms with E-state index in [0.717, 1.165) is 5.56 Å². The van der Waals surface area contributed by atoms with Gasteiger partial charge in [-0.2, -0.15) is 4.99 Å². The first-order valence-electron chi connectivity index (χ1n) is 8.26. The topological polar surface area (TPSA) is 92.3 Å². The maximum atomic E-state index is 11.8. The van der Waals surface area contributed by atoms with Crippen LogP contribution in [0, 0.1) is 0 Å². The van der Waals surface area contributed by atoms with E-state index >= 15 is 0 Å². The third kappa shape index (κ3) is 3.14. The molecular weight excluding hydrogens is 378 g/mol. The van der Waals surface area contributed by atoms with Crippen molar-refractivity contribution in [2.45, 2.75) is 0 Å². The zero-order chi connectivity index (χ0) is 19.7. The number of benzene rings is 3. The number of thiocarbonyl (C=S) groups is 1. The van der Waals surface area contributed by atoms with Crippen molar-refractivity contribution in [3.05, 3.63) is 64.8 Å². The van der Waals surface area contributed by atoms with Crippen molar-refractivity contribution in [2.75, 3.05) is 6.79 Å². The lowest BCUT2D eigenvalue weighted by atomic mass is 9.93. The molecule has 4 rings (SSSR count). The first kappa shape index (κ1) is 17.9. The van der Waals surface area contributed by atoms with Crippen molar-refractivity contribution in [2.24, 2.45) is 4.99 Å². The molecule has 0 saturated carbocycles. The Bertz CT molecular complexity index is 1270. The molecule has 0 atom stereocenters. The second-order valence-corrected chi connectivity index (χ2v) is 6.16. The van der Waals surface area contributed by atoms with Crippen molar-refractivity contribution in [1.29, 1.82) is 0 Å². The molecule has 28 heavy (non-hydrogen) atoms. The van der Waals surface area contributed by atoms with Gasteiger partial charge in [-0.05, 0) is 48.6 Å². The number of ether oxygens (including phenoxy) is 1. The normalized spacial score (nSPS) is 10.8. The first-order valence-corrected chi connectivity index (χ1v) is 8.67. The maximum Gasteiger partial charge on any atom is 0.186 e. The first-order chi connectivity index (χ1) is 13.6. The predicted molar refractivity (Wildman–Crippen MR) is 109 cm³/mol. The largest absolute Gasteiger partial charge is 0.508 e. The molecule has 2 aliphatic rings. The standard InChI is InChI=1S/C21H13NO5S/c23-11-26-18-7-12(22-10-28)1-4-15(18)21-16-5-2-13(24)8-19(16)27-20-9-14(25)3-6-17(20)21/h1-9,23-24H,11H2. The average Bonchev–Trinajstić information content (AvgIpc) is 2.67. The van der Waals surface area contributed by atoms with E-state index in [1.165, 1.54) is 18.2 Å². The van der Waals surface area contributed by atoms with Gasteiger partial charge in [0.05, 0.1) is 10.8 Å². The van der Waals surface area contributed by atoms with Crippen LogP contribution in [0.3, 0.4) is 0 Å². The van der Waals surface area contributed by atoms with Crippen molar-refractivity contribution >= 4 is 34.0 Å². The third-order valence-corrected chi connectivity index (χ3v) is 4.40. The van der Waals surface area contributed by atoms with Crippen LogP contribution < -0.4 is 10.2 Å². The van der Waals surface area contributed by atoms with Crippen LogP contribution in [-0.2, 0) is 0 Å². The maximum absolute atomic E-state index is 11.8. The zero-order valence-corrected chi connectivity index (χ0v) is 15.2. The number of hydrogen-bond donors (Lipinski definition) is 2. The fraction of sp³-hybridized carbons (Fsp3) is 0.0476. The monoisotopic (exact) mass is 391 g/mol. The Labute approximate surface area is 164 Å². The molecule has 138 valence electrons. The van der Waals surface area contributed by atoms with E-state index in [1.807, 2.05) is 0 Å². The number of aliphatic hydroxyl groups excluding tert-OH is 1. The minimum absolute atomic E-state index is 0.0392. The van der Waals surface area contributed by atoms with Gasteiger partial charge in [-0.3, -0.25) is 4.79 Å². The Balaban J connectivity index is 2.12. The van der Waals surface area contributed by atoms with Crippen LogP contribution in [0.4, 0.5) is 5.69 Å². The lowest BCUT2D eigenvalue weighted by Crippen LogP contribution is -2.01. The minimum Gasteiger partial charge on any atom is -0.508 e. The number of aliphatic hydroxyl groups is 1. The number of phenols is 1. The van der Waals surface area contributed by atoms with E-state index in [1.54, 1.807) is 36.4 Å². The molecule has 2 aromatic carbocycles. The summed E-state index contributed by atoms with van der Waals surface area (Å²) in [5.74, 6) is 0.788. The highest BCUT2D eigenvalue weighted by Gasteiger charge is 2.20. The van der Waals surface area contributed by atoms with Gasteiger partial charge >= 0.3 is 0 Å². The molecule has 1 heterocycles. The molecule has 2 N–H and O–H groups in total. The Morgan fingerprint density at radius 1 is 1.07 bits per heavy atom. The highest BCUT2D eigenvalue weighted by Crippen LogP contribution is 2.44. The summed E-state index contributed by atoms with van der Waals surface area (Å²) in [4.78, 5) is 15.8. The number of aromatic hydroxyl groups is 1. The minimum atomic E-state index is -0.531. The molecule has 0 spiro atoms. The molecule has 0 amide bonds. The molecule has 0 saturated heterocycles. The van der Waals surface area contributed by atoms with Crippen molar-refractivity contribution in [1.82, 2.24) is 0 Å². The summed E-state index contributed by atoms with van der Waals surface area (Å²) in [5, 5.41) is 22.2. The van der Waals surface area contributed by atoms with E-state index in [4.69, 9.17) is 9.15 Å². The molecule has 7 heteroatoms. The van der Waals surface area contributed by atoms with Gasteiger partial charge in [0.2, 0.25) is 0 Å². The van der Waals surface area contributed by atoms with Crippen LogP contribution in [0.5, 0.6) is 11.5 Å². The summed E-state index contributed by atoms with van der Waals surface area (Å²) in [5.41, 5.74) is 2.82. The molecule has 0 bridgehead atoms. The molecular formula is C21H13NO5S. The number of phenolic OH excluding ortho intramolecular Hbond substituents is 1. The number of hydrogen-bond acceptors (Lipinski definition) is 7. The number of nitrogens with zero attached hydrogens (tertiary/aromatic N) is 1. The highest BCUT2D eigenvalue weighted by molar-refractivity contribution is 7.78. The van der Waals surface area contributed by atoms with Crippen LogP contribution in [0.15, 0.2) is 68.8 Å². The van der Waals surface area contributed by atoms with E-state index in [-0.39, 0.29) is 11.2 Å². The Morgan fingerprint density at radius 2 is 1.89 bits per heavy atom. The lowest BCUT2D eigenvalue weighted by molar-refractivity contribution is 0.0991. The lowest BCUT2D eigenvalue weighted by Gasteiger charge is -2.17. The SMILES string of the molecule is O=c1ccc2c(-c3ccc(N=C=S)cc3OCO)c3ccc(O)cc3oc-2c1. The number of fused-ring (bicyclic) bond motifs is 2. The molecule has 6 nitrogen and oxygen atoms in total. The van der Waals surface area contributed by atoms with Gasteiger partial charge in [-0.1, -0.05) is 0 Å². The Kier molecular flexibility index (Phi) is 4.63. The van der Waals surface area contributed by atoms with E-state index in [9.17, 15) is 15.0 Å². The van der Waals surface area contributed by atoms with E-state index in [2.05, 4.69) is 22.4 Å². The van der Waals surface area contributed by atoms with Gasteiger partial charge in [-0.25, -0.2) is 0 Å². The van der Waals surface area contributed by atoms with Crippen LogP contribution in [0.25, 0.3) is 33.4 Å².